The van der Waals surface area contributed by atoms with Gasteiger partial charge in [-0.05, 0) is 43.7 Å². The first kappa shape index (κ1) is 18.8. The number of anilines is 1. The number of aryl methyl sites for hydroxylation is 1. The predicted octanol–water partition coefficient (Wildman–Crippen LogP) is 3.84. The van der Waals surface area contributed by atoms with Gasteiger partial charge in [0.1, 0.15) is 23.6 Å². The zero-order chi connectivity index (χ0) is 19.8. The molecule has 146 valence electrons. The molecule has 1 amide bonds. The van der Waals surface area contributed by atoms with Crippen molar-refractivity contribution in [3.05, 3.63) is 57.8 Å². The minimum atomic E-state index is -0.259. The Kier molecular flexibility index (Phi) is 5.04. The van der Waals surface area contributed by atoms with E-state index >= 15 is 0 Å². The van der Waals surface area contributed by atoms with E-state index in [1.807, 2.05) is 13.0 Å². The van der Waals surface area contributed by atoms with Gasteiger partial charge in [-0.1, -0.05) is 17.7 Å². The largest absolute Gasteiger partial charge is 0.507 e. The molecule has 0 aliphatic carbocycles. The summed E-state index contributed by atoms with van der Waals surface area (Å²) in [7, 11) is 0. The van der Waals surface area contributed by atoms with Crippen molar-refractivity contribution < 1.29 is 19.2 Å². The van der Waals surface area contributed by atoms with Crippen LogP contribution in [0.1, 0.15) is 40.1 Å². The molecular weight excluding hydrogens is 376 g/mol. The van der Waals surface area contributed by atoms with Crippen LogP contribution in [0.3, 0.4) is 0 Å². The van der Waals surface area contributed by atoms with E-state index in [0.29, 0.717) is 39.5 Å². The van der Waals surface area contributed by atoms with E-state index in [4.69, 9.17) is 16.0 Å². The first-order valence-corrected chi connectivity index (χ1v) is 9.97. The van der Waals surface area contributed by atoms with Crippen LogP contribution >= 0.6 is 11.6 Å². The van der Waals surface area contributed by atoms with Gasteiger partial charge in [0.15, 0.2) is 0 Å². The topological polar surface area (TPSA) is 66.9 Å². The van der Waals surface area contributed by atoms with Gasteiger partial charge in [-0.15, -0.1) is 0 Å². The highest BCUT2D eigenvalue weighted by Gasteiger charge is 2.26. The lowest BCUT2D eigenvalue weighted by molar-refractivity contribution is -0.901. The molecule has 1 aliphatic rings. The van der Waals surface area contributed by atoms with E-state index in [-0.39, 0.29) is 11.7 Å². The Labute approximate surface area is 168 Å². The van der Waals surface area contributed by atoms with Gasteiger partial charge < -0.3 is 19.7 Å². The second-order valence-corrected chi connectivity index (χ2v) is 7.88. The second kappa shape index (κ2) is 7.49. The standard InChI is InChI=1S/C22H23ClN2O3/c1-13-16(23)6-5-7-17(13)24-22(27)20-14(2)28-19-9-8-18(26)15(21(19)20)12-25-10-3-4-11-25/h5-9,26H,3-4,10-12H2,1-2H3,(H,24,27)/p+1. The van der Waals surface area contributed by atoms with Crippen LogP contribution in [-0.4, -0.2) is 24.1 Å². The molecule has 28 heavy (non-hydrogen) atoms. The number of carbonyl (C=O) groups excluding carboxylic acids is 1. The number of phenols is 1. The van der Waals surface area contributed by atoms with Crippen molar-refractivity contribution in [2.24, 2.45) is 0 Å². The van der Waals surface area contributed by atoms with Gasteiger partial charge in [0.2, 0.25) is 0 Å². The van der Waals surface area contributed by atoms with E-state index in [1.165, 1.54) is 17.7 Å². The lowest BCUT2D eigenvalue weighted by Gasteiger charge is -2.15. The Morgan fingerprint density at radius 2 is 1.96 bits per heavy atom. The van der Waals surface area contributed by atoms with Gasteiger partial charge in [-0.25, -0.2) is 0 Å². The number of rotatable bonds is 4. The number of aromatic hydroxyl groups is 1. The number of phenolic OH excluding ortho intramolecular Hbond substituents is 1. The third-order valence-corrected chi connectivity index (χ3v) is 6.00. The number of nitrogens with one attached hydrogen (secondary N) is 2. The molecule has 6 heteroatoms. The highest BCUT2D eigenvalue weighted by Crippen LogP contribution is 2.34. The average Bonchev–Trinajstić information content (AvgIpc) is 3.28. The lowest BCUT2D eigenvalue weighted by atomic mass is 10.0. The molecule has 5 nitrogen and oxygen atoms in total. The molecule has 0 radical (unpaired) electrons. The highest BCUT2D eigenvalue weighted by molar-refractivity contribution is 6.31. The number of benzene rings is 2. The van der Waals surface area contributed by atoms with Crippen LogP contribution in [-0.2, 0) is 6.54 Å². The molecule has 1 saturated heterocycles. The number of fused-ring (bicyclic) bond motifs is 1. The Morgan fingerprint density at radius 1 is 1.21 bits per heavy atom. The number of likely N-dealkylation sites (tertiary alicyclic amines) is 1. The minimum Gasteiger partial charge on any atom is -0.507 e. The first-order valence-electron chi connectivity index (χ1n) is 9.59. The maximum Gasteiger partial charge on any atom is 0.259 e. The minimum absolute atomic E-state index is 0.209. The molecule has 0 bridgehead atoms. The van der Waals surface area contributed by atoms with E-state index in [9.17, 15) is 9.90 Å². The van der Waals surface area contributed by atoms with E-state index in [0.717, 1.165) is 24.2 Å². The van der Waals surface area contributed by atoms with Gasteiger partial charge in [-0.3, -0.25) is 4.79 Å². The molecule has 3 N–H and O–H groups in total. The van der Waals surface area contributed by atoms with Crippen LogP contribution in [0.2, 0.25) is 5.02 Å². The molecule has 1 aliphatic heterocycles. The Balaban J connectivity index is 1.77. The quantitative estimate of drug-likeness (QED) is 0.624. The summed E-state index contributed by atoms with van der Waals surface area (Å²) in [6, 6.07) is 8.80. The third kappa shape index (κ3) is 3.36. The molecule has 0 spiro atoms. The smallest absolute Gasteiger partial charge is 0.259 e. The summed E-state index contributed by atoms with van der Waals surface area (Å²) in [5.41, 5.74) is 3.35. The number of furan rings is 1. The molecule has 0 atom stereocenters. The predicted molar refractivity (Wildman–Crippen MR) is 110 cm³/mol. The number of hydrogen-bond acceptors (Lipinski definition) is 3. The van der Waals surface area contributed by atoms with Crippen LogP contribution < -0.4 is 10.2 Å². The summed E-state index contributed by atoms with van der Waals surface area (Å²) in [5, 5.41) is 14.8. The molecule has 2 aromatic carbocycles. The molecular formula is C22H24ClN2O3+. The van der Waals surface area contributed by atoms with Crippen molar-refractivity contribution in [3.8, 4) is 5.75 Å². The molecule has 1 aromatic heterocycles. The summed E-state index contributed by atoms with van der Waals surface area (Å²) in [5.74, 6) is 0.487. The van der Waals surface area contributed by atoms with E-state index in [2.05, 4.69) is 5.32 Å². The fourth-order valence-electron chi connectivity index (χ4n) is 4.05. The second-order valence-electron chi connectivity index (χ2n) is 7.47. The van der Waals surface area contributed by atoms with Gasteiger partial charge in [0.25, 0.3) is 5.91 Å². The molecule has 2 heterocycles. The van der Waals surface area contributed by atoms with Crippen molar-refractivity contribution >= 4 is 34.2 Å². The summed E-state index contributed by atoms with van der Waals surface area (Å²) < 4.78 is 5.86. The van der Waals surface area contributed by atoms with Crippen molar-refractivity contribution in [2.75, 3.05) is 18.4 Å². The Morgan fingerprint density at radius 3 is 2.71 bits per heavy atom. The van der Waals surface area contributed by atoms with Crippen molar-refractivity contribution in [2.45, 2.75) is 33.2 Å². The normalized spacial score (nSPS) is 14.7. The van der Waals surface area contributed by atoms with Crippen molar-refractivity contribution in [1.29, 1.82) is 0 Å². The number of quaternary nitrogens is 1. The van der Waals surface area contributed by atoms with Gasteiger partial charge >= 0.3 is 0 Å². The highest BCUT2D eigenvalue weighted by atomic mass is 35.5. The van der Waals surface area contributed by atoms with Crippen LogP contribution in [0.4, 0.5) is 5.69 Å². The SMILES string of the molecule is Cc1oc2ccc(O)c(C[NH+]3CCCC3)c2c1C(=O)Nc1cccc(Cl)c1C. The molecule has 1 fully saturated rings. The maximum absolute atomic E-state index is 13.2. The zero-order valence-corrected chi connectivity index (χ0v) is 16.8. The summed E-state index contributed by atoms with van der Waals surface area (Å²) in [6.45, 7) is 6.49. The lowest BCUT2D eigenvalue weighted by Crippen LogP contribution is -3.08. The van der Waals surface area contributed by atoms with Crippen molar-refractivity contribution in [1.82, 2.24) is 0 Å². The number of hydrogen-bond donors (Lipinski definition) is 3. The van der Waals surface area contributed by atoms with Crippen LogP contribution in [0.15, 0.2) is 34.7 Å². The third-order valence-electron chi connectivity index (χ3n) is 5.60. The molecule has 0 unspecified atom stereocenters. The van der Waals surface area contributed by atoms with E-state index < -0.39 is 0 Å². The van der Waals surface area contributed by atoms with Crippen LogP contribution in [0.5, 0.6) is 5.75 Å². The summed E-state index contributed by atoms with van der Waals surface area (Å²) >= 11 is 6.18. The van der Waals surface area contributed by atoms with Gasteiger partial charge in [0.05, 0.1) is 24.2 Å². The Bertz CT molecular complexity index is 1050. The van der Waals surface area contributed by atoms with Gasteiger partial charge in [-0.2, -0.15) is 0 Å². The van der Waals surface area contributed by atoms with Crippen molar-refractivity contribution in [3.63, 3.8) is 0 Å². The fraction of sp³-hybridized carbons (Fsp3) is 0.318. The zero-order valence-electron chi connectivity index (χ0n) is 16.1. The summed E-state index contributed by atoms with van der Waals surface area (Å²) in [6.07, 6.45) is 2.38. The fourth-order valence-corrected chi connectivity index (χ4v) is 4.22. The summed E-state index contributed by atoms with van der Waals surface area (Å²) in [4.78, 5) is 14.6. The number of carbonyl (C=O) groups is 1. The molecule has 0 saturated carbocycles. The van der Waals surface area contributed by atoms with Crippen LogP contribution in [0, 0.1) is 13.8 Å². The Hall–Kier alpha value is -2.50. The van der Waals surface area contributed by atoms with Crippen LogP contribution in [0.25, 0.3) is 11.0 Å². The number of amides is 1. The molecule has 4 rings (SSSR count). The number of halogens is 1. The maximum atomic E-state index is 13.2. The first-order chi connectivity index (χ1) is 13.5. The monoisotopic (exact) mass is 399 g/mol. The van der Waals surface area contributed by atoms with E-state index in [1.54, 1.807) is 31.2 Å². The van der Waals surface area contributed by atoms with Gasteiger partial charge in [0, 0.05) is 28.9 Å². The average molecular weight is 400 g/mol. The molecule has 3 aromatic rings.